The van der Waals surface area contributed by atoms with Gasteiger partial charge in [-0.3, -0.25) is 9.69 Å². The Balaban J connectivity index is 2.91. The molecule has 1 aromatic rings. The van der Waals surface area contributed by atoms with E-state index >= 15 is 0 Å². The Morgan fingerprint density at radius 3 is 2.22 bits per heavy atom. The molecule has 0 spiro atoms. The van der Waals surface area contributed by atoms with E-state index in [-0.39, 0.29) is 6.54 Å². The summed E-state index contributed by atoms with van der Waals surface area (Å²) < 4.78 is 14.0. The largest absolute Gasteiger partial charge is 0.480 e. The molecule has 4 nitrogen and oxygen atoms in total. The number of anilines is 1. The summed E-state index contributed by atoms with van der Waals surface area (Å²) in [5.41, 5.74) is 1.33. The van der Waals surface area contributed by atoms with Gasteiger partial charge >= 0.3 is 5.97 Å². The predicted molar refractivity (Wildman–Crippen MR) is 92.3 cm³/mol. The number of rotatable bonds is 9. The highest BCUT2D eigenvalue weighted by atomic mass is 19.1. The molecule has 1 rings (SSSR count). The van der Waals surface area contributed by atoms with Crippen LogP contribution in [0.25, 0.3) is 0 Å². The van der Waals surface area contributed by atoms with E-state index in [0.29, 0.717) is 17.5 Å². The van der Waals surface area contributed by atoms with Gasteiger partial charge in [-0.2, -0.15) is 0 Å². The van der Waals surface area contributed by atoms with Crippen molar-refractivity contribution in [3.05, 3.63) is 29.6 Å². The molecule has 5 heteroatoms. The van der Waals surface area contributed by atoms with E-state index in [1.165, 1.54) is 11.0 Å². The normalized spacial score (nSPS) is 11.5. The van der Waals surface area contributed by atoms with Crippen LogP contribution < -0.4 is 4.90 Å². The Hall–Kier alpha value is -1.62. The lowest BCUT2D eigenvalue weighted by Gasteiger charge is -2.27. The van der Waals surface area contributed by atoms with Crippen molar-refractivity contribution in [2.75, 3.05) is 31.6 Å². The third-order valence-corrected chi connectivity index (χ3v) is 3.45. The monoisotopic (exact) mass is 324 g/mol. The van der Waals surface area contributed by atoms with Gasteiger partial charge in [0, 0.05) is 26.7 Å². The molecule has 0 saturated heterocycles. The van der Waals surface area contributed by atoms with Crippen molar-refractivity contribution in [2.24, 2.45) is 11.8 Å². The summed E-state index contributed by atoms with van der Waals surface area (Å²) >= 11 is 0. The van der Waals surface area contributed by atoms with Gasteiger partial charge in [-0.25, -0.2) is 4.39 Å². The SMILES string of the molecule is CC(C)CN(Cc1ccc(F)c(N(C)CC(=O)O)c1)CC(C)C. The molecule has 0 aromatic heterocycles. The summed E-state index contributed by atoms with van der Waals surface area (Å²) in [6.07, 6.45) is 0. The summed E-state index contributed by atoms with van der Waals surface area (Å²) in [6, 6.07) is 4.96. The molecule has 0 amide bonds. The Labute approximate surface area is 138 Å². The molecule has 0 unspecified atom stereocenters. The van der Waals surface area contributed by atoms with E-state index in [1.807, 2.05) is 0 Å². The zero-order chi connectivity index (χ0) is 17.6. The number of hydrogen-bond donors (Lipinski definition) is 1. The second-order valence-corrected chi connectivity index (χ2v) is 7.02. The summed E-state index contributed by atoms with van der Waals surface area (Å²) in [7, 11) is 1.59. The van der Waals surface area contributed by atoms with E-state index in [4.69, 9.17) is 5.11 Å². The Morgan fingerprint density at radius 2 is 1.74 bits per heavy atom. The van der Waals surface area contributed by atoms with Crippen LogP contribution in [0.3, 0.4) is 0 Å². The first-order chi connectivity index (χ1) is 10.7. The lowest BCUT2D eigenvalue weighted by Crippen LogP contribution is -2.31. The number of benzene rings is 1. The third-order valence-electron chi connectivity index (χ3n) is 3.45. The molecule has 0 bridgehead atoms. The van der Waals surface area contributed by atoms with Crippen LogP contribution in [-0.2, 0) is 11.3 Å². The lowest BCUT2D eigenvalue weighted by molar-refractivity contribution is -0.135. The van der Waals surface area contributed by atoms with Gasteiger partial charge in [0.05, 0.1) is 5.69 Å². The van der Waals surface area contributed by atoms with Crippen molar-refractivity contribution in [2.45, 2.75) is 34.2 Å². The van der Waals surface area contributed by atoms with Gasteiger partial charge in [-0.05, 0) is 29.5 Å². The zero-order valence-electron chi connectivity index (χ0n) is 14.8. The summed E-state index contributed by atoms with van der Waals surface area (Å²) in [6.45, 7) is 11.2. The van der Waals surface area contributed by atoms with Gasteiger partial charge in [0.2, 0.25) is 0 Å². The molecule has 0 aliphatic rings. The second-order valence-electron chi connectivity index (χ2n) is 7.02. The fourth-order valence-corrected chi connectivity index (χ4v) is 2.73. The van der Waals surface area contributed by atoms with Crippen molar-refractivity contribution in [1.29, 1.82) is 0 Å². The van der Waals surface area contributed by atoms with Crippen LogP contribution in [-0.4, -0.2) is 42.7 Å². The van der Waals surface area contributed by atoms with Crippen molar-refractivity contribution >= 4 is 11.7 Å². The molecule has 0 saturated carbocycles. The maximum atomic E-state index is 14.0. The highest BCUT2D eigenvalue weighted by Crippen LogP contribution is 2.21. The minimum atomic E-state index is -0.974. The number of carboxylic acid groups (broad SMARTS) is 1. The number of nitrogens with zero attached hydrogens (tertiary/aromatic N) is 2. The van der Waals surface area contributed by atoms with Crippen LogP contribution in [0.4, 0.5) is 10.1 Å². The number of hydrogen-bond acceptors (Lipinski definition) is 3. The molecule has 1 N–H and O–H groups in total. The van der Waals surface area contributed by atoms with Gasteiger partial charge in [-0.15, -0.1) is 0 Å². The number of halogens is 1. The Morgan fingerprint density at radius 1 is 1.17 bits per heavy atom. The van der Waals surface area contributed by atoms with Crippen LogP contribution in [0.15, 0.2) is 18.2 Å². The molecular weight excluding hydrogens is 295 g/mol. The van der Waals surface area contributed by atoms with Gasteiger partial charge in [0.1, 0.15) is 12.4 Å². The van der Waals surface area contributed by atoms with Crippen molar-refractivity contribution in [1.82, 2.24) is 4.90 Å². The van der Waals surface area contributed by atoms with Crippen molar-refractivity contribution in [3.63, 3.8) is 0 Å². The molecular formula is C18H29FN2O2. The summed E-state index contributed by atoms with van der Waals surface area (Å²) in [5.74, 6) is -0.248. The smallest absolute Gasteiger partial charge is 0.323 e. The number of likely N-dealkylation sites (N-methyl/N-ethyl adjacent to an activating group) is 1. The first-order valence-electron chi connectivity index (χ1n) is 8.12. The van der Waals surface area contributed by atoms with Gasteiger partial charge in [-0.1, -0.05) is 33.8 Å². The van der Waals surface area contributed by atoms with Crippen LogP contribution in [0.5, 0.6) is 0 Å². The zero-order valence-corrected chi connectivity index (χ0v) is 14.8. The van der Waals surface area contributed by atoms with Crippen LogP contribution >= 0.6 is 0 Å². The summed E-state index contributed by atoms with van der Waals surface area (Å²) in [4.78, 5) is 14.6. The molecule has 23 heavy (non-hydrogen) atoms. The third kappa shape index (κ3) is 6.99. The van der Waals surface area contributed by atoms with E-state index in [1.54, 1.807) is 19.2 Å². The number of carboxylic acids is 1. The fraction of sp³-hybridized carbons (Fsp3) is 0.611. The predicted octanol–water partition coefficient (Wildman–Crippen LogP) is 3.46. The fourth-order valence-electron chi connectivity index (χ4n) is 2.73. The lowest BCUT2D eigenvalue weighted by atomic mass is 10.1. The summed E-state index contributed by atoms with van der Waals surface area (Å²) in [5, 5.41) is 8.88. The van der Waals surface area contributed by atoms with E-state index in [9.17, 15) is 9.18 Å². The minimum absolute atomic E-state index is 0.220. The number of carbonyl (C=O) groups is 1. The Kier molecular flexibility index (Phi) is 7.49. The maximum absolute atomic E-state index is 14.0. The minimum Gasteiger partial charge on any atom is -0.480 e. The quantitative estimate of drug-likeness (QED) is 0.755. The van der Waals surface area contributed by atoms with Crippen LogP contribution in [0.2, 0.25) is 0 Å². The second kappa shape index (κ2) is 8.87. The van der Waals surface area contributed by atoms with Gasteiger partial charge < -0.3 is 10.0 Å². The molecule has 1 aromatic carbocycles. The molecule has 130 valence electrons. The first-order valence-corrected chi connectivity index (χ1v) is 8.12. The van der Waals surface area contributed by atoms with Crippen LogP contribution in [0.1, 0.15) is 33.3 Å². The standard InChI is InChI=1S/C18H29FN2O2/c1-13(2)9-21(10-14(3)4)11-15-6-7-16(19)17(8-15)20(5)12-18(22)23/h6-8,13-14H,9-12H2,1-5H3,(H,22,23). The van der Waals surface area contributed by atoms with Crippen LogP contribution in [0, 0.1) is 17.7 Å². The van der Waals surface area contributed by atoms with Crippen molar-refractivity contribution in [3.8, 4) is 0 Å². The van der Waals surface area contributed by atoms with E-state index < -0.39 is 11.8 Å². The molecule has 0 aliphatic carbocycles. The molecule has 0 fully saturated rings. The average molecular weight is 324 g/mol. The van der Waals surface area contributed by atoms with Crippen molar-refractivity contribution < 1.29 is 14.3 Å². The van der Waals surface area contributed by atoms with E-state index in [2.05, 4.69) is 32.6 Å². The molecule has 0 radical (unpaired) electrons. The van der Waals surface area contributed by atoms with E-state index in [0.717, 1.165) is 25.2 Å². The first kappa shape index (κ1) is 19.4. The van der Waals surface area contributed by atoms with Gasteiger partial charge in [0.25, 0.3) is 0 Å². The Bertz CT molecular complexity index is 508. The topological polar surface area (TPSA) is 43.8 Å². The van der Waals surface area contributed by atoms with Gasteiger partial charge in [0.15, 0.2) is 0 Å². The molecule has 0 atom stereocenters. The molecule has 0 aliphatic heterocycles. The molecule has 0 heterocycles. The highest BCUT2D eigenvalue weighted by Gasteiger charge is 2.14. The highest BCUT2D eigenvalue weighted by molar-refractivity contribution is 5.73. The number of aliphatic carboxylic acids is 1. The maximum Gasteiger partial charge on any atom is 0.323 e. The average Bonchev–Trinajstić information content (AvgIpc) is 2.38.